The fourth-order valence-electron chi connectivity index (χ4n) is 7.22. The molecule has 6 heteroatoms. The van der Waals surface area contributed by atoms with Gasteiger partial charge in [0.25, 0.3) is 0 Å². The lowest BCUT2D eigenvalue weighted by Gasteiger charge is -2.57. The third-order valence-electron chi connectivity index (χ3n) is 8.36. The van der Waals surface area contributed by atoms with Crippen LogP contribution in [0.3, 0.4) is 0 Å². The topological polar surface area (TPSA) is 37.3 Å². The second-order valence-electron chi connectivity index (χ2n) is 8.83. The molecule has 4 aliphatic rings. The van der Waals surface area contributed by atoms with Crippen LogP contribution in [0.1, 0.15) is 64.7 Å². The number of carbonyl (C=O) groups is 1. The van der Waals surface area contributed by atoms with Gasteiger partial charge >= 0.3 is 6.18 Å². The van der Waals surface area contributed by atoms with Crippen molar-refractivity contribution in [3.63, 3.8) is 0 Å². The number of Topliss-reactive ketones (excluding diaryl/α,β-unsaturated/α-hetero) is 1. The van der Waals surface area contributed by atoms with Gasteiger partial charge in [0.2, 0.25) is 0 Å². The van der Waals surface area contributed by atoms with E-state index in [4.69, 9.17) is 11.6 Å². The summed E-state index contributed by atoms with van der Waals surface area (Å²) in [7, 11) is 0. The third kappa shape index (κ3) is 2.25. The molecule has 0 unspecified atom stereocenters. The number of fused-ring (bicyclic) bond motifs is 5. The summed E-state index contributed by atoms with van der Waals surface area (Å²) in [4.78, 5) is 11.9. The molecule has 0 aromatic heterocycles. The molecule has 0 saturated heterocycles. The largest absolute Gasteiger partial charge is 0.417 e. The minimum atomic E-state index is -4.58. The van der Waals surface area contributed by atoms with Crippen LogP contribution in [0.5, 0.6) is 0 Å². The summed E-state index contributed by atoms with van der Waals surface area (Å²) in [6, 6.07) is 0. The van der Waals surface area contributed by atoms with Gasteiger partial charge in [0.05, 0.1) is 5.03 Å². The zero-order valence-corrected chi connectivity index (χ0v) is 15.8. The average Bonchev–Trinajstić information content (AvgIpc) is 2.92. The normalized spacial score (nSPS) is 46.0. The predicted octanol–water partition coefficient (Wildman–Crippen LogP) is 5.38. The highest BCUT2D eigenvalue weighted by Crippen LogP contribution is 2.69. The van der Waals surface area contributed by atoms with Gasteiger partial charge in [-0.25, -0.2) is 0 Å². The number of carbonyl (C=O) groups excluding carboxylic acids is 1. The van der Waals surface area contributed by atoms with E-state index in [-0.39, 0.29) is 30.0 Å². The fraction of sp³-hybridized carbons (Fsp3) is 0.850. The number of hydrogen-bond acceptors (Lipinski definition) is 2. The molecular formula is C20H26ClF3O2. The molecule has 0 spiro atoms. The summed E-state index contributed by atoms with van der Waals surface area (Å²) in [6.07, 6.45) is -0.0893. The molecule has 0 aliphatic heterocycles. The molecule has 4 rings (SSSR count). The molecule has 26 heavy (non-hydrogen) atoms. The highest BCUT2D eigenvalue weighted by molar-refractivity contribution is 6.43. The summed E-state index contributed by atoms with van der Waals surface area (Å²) in [5.74, 6) is 0.680. The molecule has 2 nitrogen and oxygen atoms in total. The van der Waals surface area contributed by atoms with Crippen LogP contribution in [0.2, 0.25) is 0 Å². The Morgan fingerprint density at radius 3 is 2.50 bits per heavy atom. The summed E-state index contributed by atoms with van der Waals surface area (Å²) in [5.41, 5.74) is -2.56. The van der Waals surface area contributed by atoms with Crippen LogP contribution in [0.25, 0.3) is 0 Å². The zero-order chi connectivity index (χ0) is 18.9. The van der Waals surface area contributed by atoms with Gasteiger partial charge in [0, 0.05) is 11.8 Å². The van der Waals surface area contributed by atoms with Crippen LogP contribution >= 0.6 is 11.6 Å². The number of aliphatic hydroxyl groups is 1. The van der Waals surface area contributed by atoms with Crippen molar-refractivity contribution < 1.29 is 23.1 Å². The minimum Gasteiger partial charge on any atom is -0.380 e. The quantitative estimate of drug-likeness (QED) is 0.652. The maximum Gasteiger partial charge on any atom is 0.417 e. The van der Waals surface area contributed by atoms with Gasteiger partial charge in [-0.05, 0) is 80.6 Å². The van der Waals surface area contributed by atoms with Gasteiger partial charge in [-0.15, -0.1) is 0 Å². The van der Waals surface area contributed by atoms with Crippen LogP contribution < -0.4 is 0 Å². The maximum absolute atomic E-state index is 13.8. The van der Waals surface area contributed by atoms with E-state index in [0.29, 0.717) is 43.1 Å². The van der Waals surface area contributed by atoms with Crippen LogP contribution in [0.4, 0.5) is 13.2 Å². The van der Waals surface area contributed by atoms with E-state index >= 15 is 0 Å². The standard InChI is InChI=1S/C20H26ClF3O2/c1-2-18-9-7-12-11-5-6-16(25)17(21)14(11)4-3-13(12)15(18)8-10-19(18,26)20(22,23)24/h11-13,15,26H,2-10H2,1H3/t11-,12-,13-,15+,18+,19+/m1/s1. The molecule has 3 fully saturated rings. The Morgan fingerprint density at radius 1 is 1.12 bits per heavy atom. The first-order chi connectivity index (χ1) is 12.2. The van der Waals surface area contributed by atoms with Crippen molar-refractivity contribution in [2.75, 3.05) is 0 Å². The Hall–Kier alpha value is -0.550. The molecule has 0 aromatic rings. The van der Waals surface area contributed by atoms with Crippen molar-refractivity contribution in [1.82, 2.24) is 0 Å². The van der Waals surface area contributed by atoms with E-state index in [9.17, 15) is 23.1 Å². The molecule has 0 amide bonds. The fourth-order valence-corrected chi connectivity index (χ4v) is 7.55. The lowest BCUT2D eigenvalue weighted by molar-refractivity contribution is -0.306. The number of hydrogen-bond donors (Lipinski definition) is 1. The number of alkyl halides is 3. The number of ketones is 1. The maximum atomic E-state index is 13.8. The highest BCUT2D eigenvalue weighted by Gasteiger charge is 2.72. The van der Waals surface area contributed by atoms with Crippen LogP contribution in [-0.4, -0.2) is 22.7 Å². The molecule has 0 aromatic carbocycles. The molecule has 1 N–H and O–H groups in total. The zero-order valence-electron chi connectivity index (χ0n) is 15.0. The second kappa shape index (κ2) is 5.97. The van der Waals surface area contributed by atoms with Crippen LogP contribution in [0, 0.1) is 29.1 Å². The summed E-state index contributed by atoms with van der Waals surface area (Å²) >= 11 is 6.28. The Balaban J connectivity index is 1.69. The average molecular weight is 391 g/mol. The predicted molar refractivity (Wildman–Crippen MR) is 92.5 cm³/mol. The Labute approximate surface area is 157 Å². The molecule has 3 saturated carbocycles. The van der Waals surface area contributed by atoms with E-state index in [0.717, 1.165) is 24.8 Å². The summed E-state index contributed by atoms with van der Waals surface area (Å²) < 4.78 is 41.5. The van der Waals surface area contributed by atoms with E-state index in [1.54, 1.807) is 6.92 Å². The van der Waals surface area contributed by atoms with E-state index < -0.39 is 17.2 Å². The molecule has 0 radical (unpaired) electrons. The van der Waals surface area contributed by atoms with Crippen molar-refractivity contribution in [1.29, 1.82) is 0 Å². The van der Waals surface area contributed by atoms with Crippen molar-refractivity contribution in [3.05, 3.63) is 10.6 Å². The van der Waals surface area contributed by atoms with Crippen molar-refractivity contribution in [3.8, 4) is 0 Å². The van der Waals surface area contributed by atoms with Crippen LogP contribution in [0.15, 0.2) is 10.6 Å². The Bertz CT molecular complexity index is 658. The monoisotopic (exact) mass is 390 g/mol. The van der Waals surface area contributed by atoms with E-state index in [1.807, 2.05) is 0 Å². The first-order valence-electron chi connectivity index (χ1n) is 9.87. The van der Waals surface area contributed by atoms with Crippen LogP contribution in [-0.2, 0) is 4.79 Å². The lowest BCUT2D eigenvalue weighted by atomic mass is 9.49. The van der Waals surface area contributed by atoms with Gasteiger partial charge in [-0.1, -0.05) is 18.5 Å². The Kier molecular flexibility index (Phi) is 4.32. The minimum absolute atomic E-state index is 0.0161. The van der Waals surface area contributed by atoms with Crippen molar-refractivity contribution in [2.45, 2.75) is 76.5 Å². The van der Waals surface area contributed by atoms with Gasteiger partial charge < -0.3 is 5.11 Å². The van der Waals surface area contributed by atoms with Gasteiger partial charge in [-0.2, -0.15) is 13.2 Å². The lowest BCUT2D eigenvalue weighted by Crippen LogP contribution is -2.60. The molecule has 4 aliphatic carbocycles. The van der Waals surface area contributed by atoms with Gasteiger partial charge in [0.15, 0.2) is 11.4 Å². The molecule has 0 bridgehead atoms. The van der Waals surface area contributed by atoms with Crippen molar-refractivity contribution >= 4 is 17.4 Å². The molecule has 0 heterocycles. The van der Waals surface area contributed by atoms with Gasteiger partial charge in [-0.3, -0.25) is 4.79 Å². The summed E-state index contributed by atoms with van der Waals surface area (Å²) in [5, 5.41) is 11.2. The SMILES string of the molecule is CC[C@]12CC[C@H]3[C@@H](CCC4=C(Cl)C(=O)CC[C@@H]43)[C@@H]1CC[C@@]2(O)C(F)(F)F. The smallest absolute Gasteiger partial charge is 0.380 e. The third-order valence-corrected chi connectivity index (χ3v) is 8.82. The van der Waals surface area contributed by atoms with E-state index in [1.165, 1.54) is 0 Å². The summed E-state index contributed by atoms with van der Waals surface area (Å²) in [6.45, 7) is 1.81. The Morgan fingerprint density at radius 2 is 1.85 bits per heavy atom. The second-order valence-corrected chi connectivity index (χ2v) is 9.20. The molecule has 146 valence electrons. The van der Waals surface area contributed by atoms with Gasteiger partial charge in [0.1, 0.15) is 0 Å². The number of halogens is 4. The van der Waals surface area contributed by atoms with E-state index in [2.05, 4.69) is 0 Å². The number of allylic oxidation sites excluding steroid dienone is 1. The first-order valence-corrected chi connectivity index (χ1v) is 10.2. The number of rotatable bonds is 1. The molecular weight excluding hydrogens is 365 g/mol. The highest BCUT2D eigenvalue weighted by atomic mass is 35.5. The van der Waals surface area contributed by atoms with Crippen molar-refractivity contribution in [2.24, 2.45) is 29.1 Å². The first kappa shape index (κ1) is 18.8. The molecule has 6 atom stereocenters.